The molecule has 154 valence electrons. The number of sulfonamides is 1. The molecule has 1 N–H and O–H groups in total. The Hall–Kier alpha value is -2.35. The van der Waals surface area contributed by atoms with Crippen LogP contribution in [0.15, 0.2) is 53.4 Å². The van der Waals surface area contributed by atoms with Crippen LogP contribution >= 0.6 is 11.6 Å². The van der Waals surface area contributed by atoms with Crippen molar-refractivity contribution in [3.05, 3.63) is 59.1 Å². The first-order valence-corrected chi connectivity index (χ1v) is 11.1. The third kappa shape index (κ3) is 5.38. The molecule has 1 aliphatic heterocycles. The summed E-state index contributed by atoms with van der Waals surface area (Å²) in [6.45, 7) is 1.02. The number of benzene rings is 2. The third-order valence-corrected chi connectivity index (χ3v) is 6.79. The number of hydrogen-bond acceptors (Lipinski definition) is 4. The molecule has 3 rings (SSSR count). The van der Waals surface area contributed by atoms with Crippen molar-refractivity contribution in [1.82, 2.24) is 4.31 Å². The lowest BCUT2D eigenvalue weighted by Gasteiger charge is -2.26. The average Bonchev–Trinajstić information content (AvgIpc) is 2.73. The van der Waals surface area contributed by atoms with Gasteiger partial charge in [-0.15, -0.1) is 0 Å². The molecule has 2 aromatic carbocycles. The average molecular weight is 435 g/mol. The highest BCUT2D eigenvalue weighted by Crippen LogP contribution is 2.30. The minimum absolute atomic E-state index is 0.134. The fourth-order valence-corrected chi connectivity index (χ4v) is 4.90. The monoisotopic (exact) mass is 434 g/mol. The molecule has 8 heteroatoms. The molecule has 6 nitrogen and oxygen atoms in total. The zero-order valence-electron chi connectivity index (χ0n) is 16.1. The number of nitrogens with zero attached hydrogens (tertiary/aromatic N) is 1. The van der Waals surface area contributed by atoms with Gasteiger partial charge >= 0.3 is 0 Å². The molecule has 2 aromatic rings. The van der Waals surface area contributed by atoms with Crippen molar-refractivity contribution in [3.63, 3.8) is 0 Å². The Morgan fingerprint density at radius 3 is 2.59 bits per heavy atom. The second-order valence-electron chi connectivity index (χ2n) is 6.70. The van der Waals surface area contributed by atoms with E-state index in [4.69, 9.17) is 16.3 Å². The maximum atomic E-state index is 12.9. The van der Waals surface area contributed by atoms with E-state index in [0.717, 1.165) is 24.8 Å². The molecule has 1 fully saturated rings. The number of carbonyl (C=O) groups excluding carboxylic acids is 1. The van der Waals surface area contributed by atoms with E-state index >= 15 is 0 Å². The van der Waals surface area contributed by atoms with Gasteiger partial charge in [0.1, 0.15) is 5.75 Å². The first kappa shape index (κ1) is 21.4. The van der Waals surface area contributed by atoms with E-state index < -0.39 is 15.9 Å². The van der Waals surface area contributed by atoms with E-state index in [1.807, 2.05) is 6.07 Å². The molecule has 0 bridgehead atoms. The maximum absolute atomic E-state index is 12.9. The molecule has 0 unspecified atom stereocenters. The van der Waals surface area contributed by atoms with E-state index in [1.54, 1.807) is 30.3 Å². The van der Waals surface area contributed by atoms with Gasteiger partial charge in [0.15, 0.2) is 0 Å². The van der Waals surface area contributed by atoms with Gasteiger partial charge in [0.05, 0.1) is 17.7 Å². The summed E-state index contributed by atoms with van der Waals surface area (Å²) in [4.78, 5) is 12.5. The Labute approximate surface area is 176 Å². The molecular weight excluding hydrogens is 412 g/mol. The van der Waals surface area contributed by atoms with E-state index in [0.29, 0.717) is 29.5 Å². The van der Waals surface area contributed by atoms with Crippen LogP contribution in [0.3, 0.4) is 0 Å². The first-order chi connectivity index (χ1) is 13.9. The number of piperidine rings is 1. The normalized spacial score (nSPS) is 15.4. The maximum Gasteiger partial charge on any atom is 0.248 e. The summed E-state index contributed by atoms with van der Waals surface area (Å²) in [5, 5.41) is 3.27. The van der Waals surface area contributed by atoms with Crippen LogP contribution in [0, 0.1) is 0 Å². The van der Waals surface area contributed by atoms with Gasteiger partial charge in [-0.3, -0.25) is 4.79 Å². The van der Waals surface area contributed by atoms with Gasteiger partial charge in [-0.1, -0.05) is 30.2 Å². The SMILES string of the molecule is COc1ccc(S(=O)(=O)N2CCCCC2)cc1NC(=O)C=Cc1cccc(Cl)c1. The van der Waals surface area contributed by atoms with Gasteiger partial charge in [0.2, 0.25) is 15.9 Å². The number of amides is 1. The molecular formula is C21H23ClN2O4S. The number of carbonyl (C=O) groups is 1. The highest BCUT2D eigenvalue weighted by Gasteiger charge is 2.26. The summed E-state index contributed by atoms with van der Waals surface area (Å²) in [5.41, 5.74) is 1.08. The first-order valence-electron chi connectivity index (χ1n) is 9.33. The van der Waals surface area contributed by atoms with E-state index in [1.165, 1.54) is 29.6 Å². The summed E-state index contributed by atoms with van der Waals surface area (Å²) in [6, 6.07) is 11.6. The largest absolute Gasteiger partial charge is 0.495 e. The molecule has 0 spiro atoms. The van der Waals surface area contributed by atoms with Crippen LogP contribution in [-0.4, -0.2) is 38.8 Å². The lowest BCUT2D eigenvalue weighted by Crippen LogP contribution is -2.35. The molecule has 0 saturated carbocycles. The predicted octanol–water partition coefficient (Wildman–Crippen LogP) is 4.18. The van der Waals surface area contributed by atoms with Crippen LogP contribution in [0.4, 0.5) is 5.69 Å². The van der Waals surface area contributed by atoms with Gasteiger partial charge in [-0.05, 0) is 54.8 Å². The molecule has 1 amide bonds. The van der Waals surface area contributed by atoms with Crippen LogP contribution < -0.4 is 10.1 Å². The van der Waals surface area contributed by atoms with Crippen LogP contribution in [0.25, 0.3) is 6.08 Å². The zero-order chi connectivity index (χ0) is 20.9. The number of anilines is 1. The summed E-state index contributed by atoms with van der Waals surface area (Å²) in [6.07, 6.45) is 5.73. The molecule has 0 aromatic heterocycles. The standard InChI is InChI=1S/C21H23ClN2O4S/c1-28-20-10-9-18(29(26,27)24-12-3-2-4-13-24)15-19(20)23-21(25)11-8-16-6-5-7-17(22)14-16/h5-11,14-15H,2-4,12-13H2,1H3,(H,23,25). The topological polar surface area (TPSA) is 75.7 Å². The second kappa shape index (κ2) is 9.43. The third-order valence-electron chi connectivity index (χ3n) is 4.66. The van der Waals surface area contributed by atoms with Crippen molar-refractivity contribution < 1.29 is 17.9 Å². The van der Waals surface area contributed by atoms with Crippen molar-refractivity contribution in [1.29, 1.82) is 0 Å². The molecule has 1 saturated heterocycles. The van der Waals surface area contributed by atoms with Crippen LogP contribution in [-0.2, 0) is 14.8 Å². The van der Waals surface area contributed by atoms with E-state index in [-0.39, 0.29) is 4.90 Å². The van der Waals surface area contributed by atoms with E-state index in [9.17, 15) is 13.2 Å². The molecule has 0 radical (unpaired) electrons. The number of halogens is 1. The van der Waals surface area contributed by atoms with E-state index in [2.05, 4.69) is 5.32 Å². The molecule has 0 aliphatic carbocycles. The number of methoxy groups -OCH3 is 1. The number of rotatable bonds is 6. The molecule has 0 atom stereocenters. The van der Waals surface area contributed by atoms with Gasteiger partial charge < -0.3 is 10.1 Å². The van der Waals surface area contributed by atoms with Gasteiger partial charge in [-0.2, -0.15) is 4.31 Å². The Bertz CT molecular complexity index is 1020. The molecule has 1 aliphatic rings. The zero-order valence-corrected chi connectivity index (χ0v) is 17.7. The van der Waals surface area contributed by atoms with Crippen molar-refractivity contribution in [3.8, 4) is 5.75 Å². The second-order valence-corrected chi connectivity index (χ2v) is 9.08. The van der Waals surface area contributed by atoms with Crippen LogP contribution in [0.1, 0.15) is 24.8 Å². The minimum Gasteiger partial charge on any atom is -0.495 e. The lowest BCUT2D eigenvalue weighted by atomic mass is 10.2. The summed E-state index contributed by atoms with van der Waals surface area (Å²) < 4.78 is 32.6. The molecule has 1 heterocycles. The van der Waals surface area contributed by atoms with Crippen LogP contribution in [0.5, 0.6) is 5.75 Å². The number of nitrogens with one attached hydrogen (secondary N) is 1. The van der Waals surface area contributed by atoms with Crippen molar-refractivity contribution >= 4 is 39.3 Å². The smallest absolute Gasteiger partial charge is 0.248 e. The highest BCUT2D eigenvalue weighted by molar-refractivity contribution is 7.89. The van der Waals surface area contributed by atoms with Gasteiger partial charge in [-0.25, -0.2) is 8.42 Å². The highest BCUT2D eigenvalue weighted by atomic mass is 35.5. The lowest BCUT2D eigenvalue weighted by molar-refractivity contribution is -0.111. The van der Waals surface area contributed by atoms with Crippen molar-refractivity contribution in [2.75, 3.05) is 25.5 Å². The Morgan fingerprint density at radius 2 is 1.90 bits per heavy atom. The van der Waals surface area contributed by atoms with Gasteiger partial charge in [0, 0.05) is 24.2 Å². The summed E-state index contributed by atoms with van der Waals surface area (Å²) in [5.74, 6) is -0.0251. The number of hydrogen-bond donors (Lipinski definition) is 1. The van der Waals surface area contributed by atoms with Crippen molar-refractivity contribution in [2.45, 2.75) is 24.2 Å². The van der Waals surface area contributed by atoms with Gasteiger partial charge in [0.25, 0.3) is 0 Å². The van der Waals surface area contributed by atoms with Crippen LogP contribution in [0.2, 0.25) is 5.02 Å². The Kier molecular flexibility index (Phi) is 6.95. The summed E-state index contributed by atoms with van der Waals surface area (Å²) >= 11 is 5.94. The quantitative estimate of drug-likeness (QED) is 0.692. The Morgan fingerprint density at radius 1 is 1.14 bits per heavy atom. The minimum atomic E-state index is -3.61. The predicted molar refractivity (Wildman–Crippen MR) is 115 cm³/mol. The fourth-order valence-electron chi connectivity index (χ4n) is 3.16. The fraction of sp³-hybridized carbons (Fsp3) is 0.286. The van der Waals surface area contributed by atoms with Crippen molar-refractivity contribution in [2.24, 2.45) is 0 Å². The molecule has 29 heavy (non-hydrogen) atoms. The summed E-state index contributed by atoms with van der Waals surface area (Å²) in [7, 11) is -2.15. The number of ether oxygens (including phenoxy) is 1. The Balaban J connectivity index is 1.81.